The fourth-order valence-corrected chi connectivity index (χ4v) is 4.03. The zero-order valence-electron chi connectivity index (χ0n) is 11.3. The molecule has 0 aliphatic rings. The zero-order valence-corrected chi connectivity index (χ0v) is 15.3. The first-order valence-corrected chi connectivity index (χ1v) is 8.96. The molecule has 0 fully saturated rings. The average molecular weight is 437 g/mol. The molecule has 1 amide bonds. The maximum Gasteiger partial charge on any atom is 0.265 e. The second-order valence-corrected chi connectivity index (χ2v) is 7.82. The maximum absolute atomic E-state index is 12.4. The molecule has 0 spiro atoms. The summed E-state index contributed by atoms with van der Waals surface area (Å²) in [5, 5.41) is 3.00. The van der Waals surface area contributed by atoms with Crippen LogP contribution in [0.15, 0.2) is 68.9 Å². The molecular weight excluding hydrogens is 426 g/mol. The third-order valence-electron chi connectivity index (χ3n) is 3.13. The third-order valence-corrected chi connectivity index (χ3v) is 6.38. The Bertz CT molecular complexity index is 795. The zero-order chi connectivity index (χ0) is 15.5. The average Bonchev–Trinajstić information content (AvgIpc) is 2.88. The van der Waals surface area contributed by atoms with Crippen LogP contribution in [0.25, 0.3) is 11.1 Å². The molecule has 1 N–H and O–H groups in total. The first-order valence-electron chi connectivity index (χ1n) is 6.56. The van der Waals surface area contributed by atoms with Crippen molar-refractivity contribution >= 4 is 54.8 Å². The van der Waals surface area contributed by atoms with Crippen LogP contribution in [0.2, 0.25) is 0 Å². The van der Waals surface area contributed by atoms with Crippen LogP contribution in [0.1, 0.15) is 9.67 Å². The molecule has 3 rings (SSSR count). The second kappa shape index (κ2) is 6.77. The van der Waals surface area contributed by atoms with Crippen LogP contribution in [0.3, 0.4) is 0 Å². The van der Waals surface area contributed by atoms with Crippen molar-refractivity contribution in [1.29, 1.82) is 0 Å². The van der Waals surface area contributed by atoms with Crippen molar-refractivity contribution in [3.8, 4) is 11.1 Å². The largest absolute Gasteiger partial charge is 0.321 e. The Balaban J connectivity index is 1.91. The van der Waals surface area contributed by atoms with Crippen molar-refractivity contribution in [3.63, 3.8) is 0 Å². The number of halogens is 2. The lowest BCUT2D eigenvalue weighted by Gasteiger charge is -2.10. The fourth-order valence-electron chi connectivity index (χ4n) is 2.10. The molecule has 22 heavy (non-hydrogen) atoms. The molecule has 2 nitrogen and oxygen atoms in total. The van der Waals surface area contributed by atoms with Gasteiger partial charge in [-0.15, -0.1) is 11.3 Å². The number of carbonyl (C=O) groups excluding carboxylic acids is 1. The lowest BCUT2D eigenvalue weighted by atomic mass is 10.0. The van der Waals surface area contributed by atoms with Crippen molar-refractivity contribution in [2.24, 2.45) is 0 Å². The molecule has 0 unspecified atom stereocenters. The summed E-state index contributed by atoms with van der Waals surface area (Å²) in [6, 6.07) is 19.6. The molecule has 0 aliphatic carbocycles. The summed E-state index contributed by atoms with van der Waals surface area (Å²) in [5.74, 6) is -0.111. The number of hydrogen-bond donors (Lipinski definition) is 1. The van der Waals surface area contributed by atoms with Crippen LogP contribution < -0.4 is 5.32 Å². The van der Waals surface area contributed by atoms with Gasteiger partial charge in [0.25, 0.3) is 5.91 Å². The summed E-state index contributed by atoms with van der Waals surface area (Å²) in [6.45, 7) is 0. The molecule has 5 heteroatoms. The highest BCUT2D eigenvalue weighted by Gasteiger charge is 2.14. The molecule has 2 aromatic carbocycles. The molecule has 0 atom stereocenters. The van der Waals surface area contributed by atoms with Gasteiger partial charge in [0, 0.05) is 15.7 Å². The van der Waals surface area contributed by atoms with Crippen molar-refractivity contribution in [1.82, 2.24) is 0 Å². The second-order valence-electron chi connectivity index (χ2n) is 4.60. The van der Waals surface area contributed by atoms with Crippen molar-refractivity contribution in [2.45, 2.75) is 0 Å². The molecule has 0 aliphatic heterocycles. The van der Waals surface area contributed by atoms with E-state index in [0.717, 1.165) is 25.1 Å². The smallest absolute Gasteiger partial charge is 0.265 e. The van der Waals surface area contributed by atoms with Crippen LogP contribution in [-0.2, 0) is 0 Å². The van der Waals surface area contributed by atoms with E-state index in [4.69, 9.17) is 0 Å². The molecule has 0 saturated carbocycles. The quantitative estimate of drug-likeness (QED) is 0.520. The Morgan fingerprint density at radius 3 is 2.32 bits per heavy atom. The van der Waals surface area contributed by atoms with E-state index in [1.54, 1.807) is 0 Å². The Morgan fingerprint density at radius 1 is 0.955 bits per heavy atom. The predicted molar refractivity (Wildman–Crippen MR) is 99.6 cm³/mol. The van der Waals surface area contributed by atoms with E-state index in [1.807, 2.05) is 60.7 Å². The van der Waals surface area contributed by atoms with Crippen molar-refractivity contribution in [3.05, 3.63) is 73.8 Å². The van der Waals surface area contributed by atoms with Gasteiger partial charge in [-0.1, -0.05) is 48.5 Å². The van der Waals surface area contributed by atoms with Gasteiger partial charge in [0.05, 0.1) is 8.66 Å². The number of nitrogens with one attached hydrogen (secondary N) is 1. The SMILES string of the molecule is O=C(Nc1ccccc1-c1ccccc1)c1cc(Br)c(Br)s1. The van der Waals surface area contributed by atoms with Crippen LogP contribution in [0, 0.1) is 0 Å². The van der Waals surface area contributed by atoms with E-state index >= 15 is 0 Å². The lowest BCUT2D eigenvalue weighted by Crippen LogP contribution is -2.10. The van der Waals surface area contributed by atoms with E-state index in [9.17, 15) is 4.79 Å². The summed E-state index contributed by atoms with van der Waals surface area (Å²) in [6.07, 6.45) is 0. The van der Waals surface area contributed by atoms with Crippen LogP contribution >= 0.6 is 43.2 Å². The number of hydrogen-bond acceptors (Lipinski definition) is 2. The summed E-state index contributed by atoms with van der Waals surface area (Å²) >= 11 is 8.22. The Labute approximate surface area is 149 Å². The van der Waals surface area contributed by atoms with Gasteiger partial charge >= 0.3 is 0 Å². The highest BCUT2D eigenvalue weighted by molar-refractivity contribution is 9.13. The highest BCUT2D eigenvalue weighted by Crippen LogP contribution is 2.33. The minimum absolute atomic E-state index is 0.111. The molecule has 3 aromatic rings. The van der Waals surface area contributed by atoms with Gasteiger partial charge in [-0.2, -0.15) is 0 Å². The van der Waals surface area contributed by atoms with Crippen molar-refractivity contribution < 1.29 is 4.79 Å². The molecular formula is C17H11Br2NOS. The van der Waals surface area contributed by atoms with Gasteiger partial charge in [-0.25, -0.2) is 0 Å². The number of amides is 1. The number of benzene rings is 2. The number of carbonyl (C=O) groups is 1. The fraction of sp³-hybridized carbons (Fsp3) is 0. The number of rotatable bonds is 3. The molecule has 1 aromatic heterocycles. The summed E-state index contributed by atoms with van der Waals surface area (Å²) in [5.41, 5.74) is 2.89. The first kappa shape index (κ1) is 15.5. The van der Waals surface area contributed by atoms with Gasteiger partial charge < -0.3 is 5.32 Å². The van der Waals surface area contributed by atoms with E-state index in [-0.39, 0.29) is 5.91 Å². The molecule has 0 saturated heterocycles. The summed E-state index contributed by atoms with van der Waals surface area (Å²) in [4.78, 5) is 13.1. The molecule has 1 heterocycles. The van der Waals surface area contributed by atoms with Gasteiger partial charge in [0.1, 0.15) is 0 Å². The lowest BCUT2D eigenvalue weighted by molar-refractivity contribution is 0.103. The predicted octanol–water partition coefficient (Wildman–Crippen LogP) is 6.19. The van der Waals surface area contributed by atoms with Crippen LogP contribution in [-0.4, -0.2) is 5.91 Å². The minimum Gasteiger partial charge on any atom is -0.321 e. The molecule has 0 radical (unpaired) electrons. The molecule has 0 bridgehead atoms. The topological polar surface area (TPSA) is 29.1 Å². The van der Waals surface area contributed by atoms with E-state index in [2.05, 4.69) is 37.2 Å². The monoisotopic (exact) mass is 435 g/mol. The Kier molecular flexibility index (Phi) is 4.76. The van der Waals surface area contributed by atoms with E-state index in [0.29, 0.717) is 4.88 Å². The van der Waals surface area contributed by atoms with Gasteiger partial charge in [-0.3, -0.25) is 4.79 Å². The van der Waals surface area contributed by atoms with E-state index in [1.165, 1.54) is 11.3 Å². The van der Waals surface area contributed by atoms with Crippen LogP contribution in [0.5, 0.6) is 0 Å². The standard InChI is InChI=1S/C17H11Br2NOS/c18-13-10-15(22-16(13)19)17(21)20-14-9-5-4-8-12(14)11-6-2-1-3-7-11/h1-10H,(H,20,21). The maximum atomic E-state index is 12.4. The summed E-state index contributed by atoms with van der Waals surface area (Å²) in [7, 11) is 0. The van der Waals surface area contributed by atoms with Gasteiger partial charge in [0.15, 0.2) is 0 Å². The number of thiophene rings is 1. The normalized spacial score (nSPS) is 10.5. The first-order chi connectivity index (χ1) is 10.6. The summed E-state index contributed by atoms with van der Waals surface area (Å²) < 4.78 is 1.80. The van der Waals surface area contributed by atoms with Crippen LogP contribution in [0.4, 0.5) is 5.69 Å². The molecule has 110 valence electrons. The Morgan fingerprint density at radius 2 is 1.64 bits per heavy atom. The van der Waals surface area contributed by atoms with Gasteiger partial charge in [0.2, 0.25) is 0 Å². The number of anilines is 1. The Hall–Kier alpha value is -1.43. The third kappa shape index (κ3) is 3.32. The highest BCUT2D eigenvalue weighted by atomic mass is 79.9. The van der Waals surface area contributed by atoms with Crippen molar-refractivity contribution in [2.75, 3.05) is 5.32 Å². The minimum atomic E-state index is -0.111. The van der Waals surface area contributed by atoms with E-state index < -0.39 is 0 Å². The number of para-hydroxylation sites is 1. The van der Waals surface area contributed by atoms with Gasteiger partial charge in [-0.05, 0) is 49.6 Å².